The Balaban J connectivity index is 1.29. The molecule has 3 aromatic rings. The molecule has 3 aliphatic rings. The van der Waals surface area contributed by atoms with Gasteiger partial charge in [0.15, 0.2) is 0 Å². The molecule has 2 aliphatic heterocycles. The van der Waals surface area contributed by atoms with Crippen LogP contribution in [0.4, 0.5) is 21.9 Å². The van der Waals surface area contributed by atoms with Crippen LogP contribution in [0.3, 0.4) is 0 Å². The molecule has 0 unspecified atom stereocenters. The van der Waals surface area contributed by atoms with E-state index in [4.69, 9.17) is 9.47 Å². The van der Waals surface area contributed by atoms with Gasteiger partial charge < -0.3 is 20.1 Å². The molecule has 1 saturated carbocycles. The molecule has 1 saturated heterocycles. The second-order valence-electron chi connectivity index (χ2n) is 8.96. The Morgan fingerprint density at radius 2 is 1.88 bits per heavy atom. The van der Waals surface area contributed by atoms with Crippen molar-refractivity contribution in [3.63, 3.8) is 0 Å². The fraction of sp³-hybridized carbons (Fsp3) is 0.400. The van der Waals surface area contributed by atoms with E-state index in [-0.39, 0.29) is 24.1 Å². The summed E-state index contributed by atoms with van der Waals surface area (Å²) in [5.41, 5.74) is 2.00. The number of carbonyl (C=O) groups excluding carboxylic acids is 2. The average Bonchev–Trinajstić information content (AvgIpc) is 3.49. The number of carbonyl (C=O) groups is 2. The van der Waals surface area contributed by atoms with Gasteiger partial charge in [-0.15, -0.1) is 11.3 Å². The van der Waals surface area contributed by atoms with Gasteiger partial charge in [-0.3, -0.25) is 9.69 Å². The molecule has 9 heteroatoms. The van der Waals surface area contributed by atoms with Crippen LogP contribution in [0, 0.1) is 0 Å². The molecular weight excluding hydrogens is 452 g/mol. The van der Waals surface area contributed by atoms with Gasteiger partial charge in [-0.05, 0) is 43.2 Å². The van der Waals surface area contributed by atoms with Crippen LogP contribution in [-0.4, -0.2) is 42.3 Å². The molecule has 8 nitrogen and oxygen atoms in total. The summed E-state index contributed by atoms with van der Waals surface area (Å²) in [6.45, 7) is 1.44. The van der Waals surface area contributed by atoms with E-state index in [9.17, 15) is 9.59 Å². The lowest BCUT2D eigenvalue weighted by Crippen LogP contribution is -2.36. The monoisotopic (exact) mass is 478 g/mol. The highest BCUT2D eigenvalue weighted by molar-refractivity contribution is 7.21. The van der Waals surface area contributed by atoms with Crippen LogP contribution in [0.2, 0.25) is 0 Å². The molecule has 6 rings (SSSR count). The SMILES string of the molecule is O=C(NC1CCCC1)c1sc2nccc3c2c1NC(=O)N3c1ccc(OC2CCOCC2)cc1. The molecule has 4 heterocycles. The molecule has 0 spiro atoms. The van der Waals surface area contributed by atoms with E-state index in [1.54, 1.807) is 11.1 Å². The first-order valence-electron chi connectivity index (χ1n) is 11.9. The van der Waals surface area contributed by atoms with Crippen LogP contribution in [0.5, 0.6) is 5.75 Å². The predicted octanol–water partition coefficient (Wildman–Crippen LogP) is 5.21. The van der Waals surface area contributed by atoms with Crippen LogP contribution in [-0.2, 0) is 4.74 Å². The van der Waals surface area contributed by atoms with Gasteiger partial charge in [0, 0.05) is 25.1 Å². The number of ether oxygens (including phenoxy) is 2. The summed E-state index contributed by atoms with van der Waals surface area (Å²) in [6, 6.07) is 9.26. The van der Waals surface area contributed by atoms with E-state index in [0.29, 0.717) is 10.6 Å². The average molecular weight is 479 g/mol. The summed E-state index contributed by atoms with van der Waals surface area (Å²) in [6.07, 6.45) is 7.88. The number of nitrogens with zero attached hydrogens (tertiary/aromatic N) is 2. The third-order valence-corrected chi connectivity index (χ3v) is 7.81. The lowest BCUT2D eigenvalue weighted by molar-refractivity contribution is 0.0256. The lowest BCUT2D eigenvalue weighted by Gasteiger charge is -2.29. The van der Waals surface area contributed by atoms with E-state index in [1.807, 2.05) is 30.3 Å². The van der Waals surface area contributed by atoms with E-state index < -0.39 is 0 Å². The zero-order chi connectivity index (χ0) is 23.1. The number of hydrogen-bond donors (Lipinski definition) is 2. The van der Waals surface area contributed by atoms with Gasteiger partial charge >= 0.3 is 6.03 Å². The fourth-order valence-electron chi connectivity index (χ4n) is 4.98. The van der Waals surface area contributed by atoms with Crippen molar-refractivity contribution in [1.29, 1.82) is 0 Å². The topological polar surface area (TPSA) is 92.8 Å². The maximum absolute atomic E-state index is 13.2. The molecule has 34 heavy (non-hydrogen) atoms. The predicted molar refractivity (Wildman–Crippen MR) is 131 cm³/mol. The van der Waals surface area contributed by atoms with Crippen molar-refractivity contribution in [2.75, 3.05) is 23.4 Å². The van der Waals surface area contributed by atoms with E-state index in [0.717, 1.165) is 79.1 Å². The van der Waals surface area contributed by atoms with Gasteiger partial charge in [0.25, 0.3) is 5.91 Å². The Morgan fingerprint density at radius 1 is 1.12 bits per heavy atom. The summed E-state index contributed by atoms with van der Waals surface area (Å²) in [5.74, 6) is 0.634. The molecule has 3 amide bonds. The molecule has 0 bridgehead atoms. The molecule has 0 atom stereocenters. The number of urea groups is 1. The highest BCUT2D eigenvalue weighted by Gasteiger charge is 2.33. The first-order chi connectivity index (χ1) is 16.7. The van der Waals surface area contributed by atoms with Crippen molar-refractivity contribution >= 4 is 50.6 Å². The highest BCUT2D eigenvalue weighted by atomic mass is 32.1. The van der Waals surface area contributed by atoms with Gasteiger partial charge in [0.05, 0.1) is 35.7 Å². The van der Waals surface area contributed by atoms with Crippen LogP contribution < -0.4 is 20.3 Å². The number of nitrogens with one attached hydrogen (secondary N) is 2. The molecule has 2 N–H and O–H groups in total. The third kappa shape index (κ3) is 3.88. The summed E-state index contributed by atoms with van der Waals surface area (Å²) in [4.78, 5) is 33.6. The lowest BCUT2D eigenvalue weighted by atomic mass is 10.1. The zero-order valence-electron chi connectivity index (χ0n) is 18.7. The minimum absolute atomic E-state index is 0.140. The number of rotatable bonds is 5. The Bertz CT molecular complexity index is 1230. The summed E-state index contributed by atoms with van der Waals surface area (Å²) >= 11 is 1.32. The van der Waals surface area contributed by atoms with Crippen LogP contribution in [0.15, 0.2) is 36.5 Å². The normalized spacial score (nSPS) is 18.8. The van der Waals surface area contributed by atoms with Gasteiger partial charge in [-0.2, -0.15) is 0 Å². The highest BCUT2D eigenvalue weighted by Crippen LogP contribution is 2.45. The first kappa shape index (κ1) is 21.4. The quantitative estimate of drug-likeness (QED) is 0.525. The van der Waals surface area contributed by atoms with Crippen LogP contribution in [0.25, 0.3) is 10.2 Å². The maximum Gasteiger partial charge on any atom is 0.331 e. The van der Waals surface area contributed by atoms with Crippen LogP contribution in [0.1, 0.15) is 48.2 Å². The Hall–Kier alpha value is -3.17. The molecule has 0 radical (unpaired) electrons. The minimum Gasteiger partial charge on any atom is -0.490 e. The Morgan fingerprint density at radius 3 is 2.65 bits per heavy atom. The molecule has 1 aliphatic carbocycles. The van der Waals surface area contributed by atoms with Crippen molar-refractivity contribution in [3.8, 4) is 5.75 Å². The Kier molecular flexibility index (Phi) is 5.58. The zero-order valence-corrected chi connectivity index (χ0v) is 19.5. The standard InChI is InChI=1S/C25H26N4O4S/c30-23(27-15-3-1-2-4-15)22-21-20-19(9-12-26-24(20)34-22)29(25(31)28-21)16-5-7-17(8-6-16)33-18-10-13-32-14-11-18/h5-9,12,15,18H,1-4,10-11,13-14H2,(H,27,30)(H,28,31). The minimum atomic E-state index is -0.300. The molecular formula is C25H26N4O4S. The van der Waals surface area contributed by atoms with E-state index >= 15 is 0 Å². The fourth-order valence-corrected chi connectivity index (χ4v) is 6.00. The van der Waals surface area contributed by atoms with Gasteiger partial charge in [0.1, 0.15) is 21.6 Å². The number of thiophene rings is 1. The second-order valence-corrected chi connectivity index (χ2v) is 9.96. The number of hydrogen-bond acceptors (Lipinski definition) is 6. The number of benzene rings is 1. The Labute approximate surface area is 201 Å². The van der Waals surface area contributed by atoms with E-state index in [1.165, 1.54) is 11.3 Å². The van der Waals surface area contributed by atoms with Crippen LogP contribution >= 0.6 is 11.3 Å². The van der Waals surface area contributed by atoms with Crippen molar-refractivity contribution in [3.05, 3.63) is 41.4 Å². The van der Waals surface area contributed by atoms with Crippen molar-refractivity contribution < 1.29 is 19.1 Å². The van der Waals surface area contributed by atoms with Crippen molar-refractivity contribution in [2.45, 2.75) is 50.7 Å². The van der Waals surface area contributed by atoms with E-state index in [2.05, 4.69) is 15.6 Å². The van der Waals surface area contributed by atoms with Gasteiger partial charge in [0.2, 0.25) is 0 Å². The number of anilines is 3. The smallest absolute Gasteiger partial charge is 0.331 e. The summed E-state index contributed by atoms with van der Waals surface area (Å²) in [7, 11) is 0. The molecule has 176 valence electrons. The number of aromatic nitrogens is 1. The first-order valence-corrected chi connectivity index (χ1v) is 12.7. The maximum atomic E-state index is 13.2. The van der Waals surface area contributed by atoms with Gasteiger partial charge in [-0.25, -0.2) is 9.78 Å². The largest absolute Gasteiger partial charge is 0.490 e. The summed E-state index contributed by atoms with van der Waals surface area (Å²) in [5, 5.41) is 6.89. The second kappa shape index (κ2) is 8.88. The molecule has 1 aromatic carbocycles. The number of amides is 3. The van der Waals surface area contributed by atoms with Gasteiger partial charge in [-0.1, -0.05) is 12.8 Å². The third-order valence-electron chi connectivity index (χ3n) is 6.71. The van der Waals surface area contributed by atoms with Crippen molar-refractivity contribution in [2.24, 2.45) is 0 Å². The summed E-state index contributed by atoms with van der Waals surface area (Å²) < 4.78 is 11.5. The number of pyridine rings is 1. The van der Waals surface area contributed by atoms with Crippen molar-refractivity contribution in [1.82, 2.24) is 10.3 Å². The molecule has 2 fully saturated rings. The molecule has 2 aromatic heterocycles.